The van der Waals surface area contributed by atoms with Crippen LogP contribution in [0.15, 0.2) is 11.6 Å². The molecule has 1 nitrogen and oxygen atoms in total. The van der Waals surface area contributed by atoms with Crippen LogP contribution in [0, 0.1) is 11.8 Å². The van der Waals surface area contributed by atoms with Crippen molar-refractivity contribution in [1.29, 1.82) is 0 Å². The largest absolute Gasteiger partial charge is 0.327 e. The number of allylic oxidation sites excluding steroid dienone is 1. The number of rotatable bonds is 3. The third kappa shape index (κ3) is 2.63. The van der Waals surface area contributed by atoms with Crippen molar-refractivity contribution >= 4 is 0 Å². The van der Waals surface area contributed by atoms with Crippen LogP contribution in [-0.4, -0.2) is 6.54 Å². The van der Waals surface area contributed by atoms with Gasteiger partial charge in [0.25, 0.3) is 0 Å². The van der Waals surface area contributed by atoms with E-state index in [0.29, 0.717) is 5.92 Å². The SMILES string of the molecule is CC(C)C(=CC1CCCC1)CN. The summed E-state index contributed by atoms with van der Waals surface area (Å²) < 4.78 is 0. The molecule has 0 amide bonds. The summed E-state index contributed by atoms with van der Waals surface area (Å²) in [6.07, 6.45) is 8.03. The molecular formula is C11H21N. The maximum Gasteiger partial charge on any atom is 0.0139 e. The van der Waals surface area contributed by atoms with Crippen LogP contribution < -0.4 is 5.73 Å². The minimum atomic E-state index is 0.635. The molecule has 0 unspecified atom stereocenters. The normalized spacial score (nSPS) is 20.8. The summed E-state index contributed by atoms with van der Waals surface area (Å²) >= 11 is 0. The Morgan fingerprint density at radius 1 is 1.42 bits per heavy atom. The van der Waals surface area contributed by atoms with Gasteiger partial charge in [-0.1, -0.05) is 38.3 Å². The van der Waals surface area contributed by atoms with E-state index in [1.54, 1.807) is 0 Å². The molecule has 0 atom stereocenters. The average Bonchev–Trinajstić information content (AvgIpc) is 2.51. The molecule has 0 aliphatic heterocycles. The Labute approximate surface area is 76.0 Å². The van der Waals surface area contributed by atoms with Gasteiger partial charge in [0.05, 0.1) is 0 Å². The summed E-state index contributed by atoms with van der Waals surface area (Å²) in [5.74, 6) is 1.47. The van der Waals surface area contributed by atoms with E-state index in [2.05, 4.69) is 19.9 Å². The number of hydrogen-bond acceptors (Lipinski definition) is 1. The summed E-state index contributed by atoms with van der Waals surface area (Å²) in [5.41, 5.74) is 7.13. The van der Waals surface area contributed by atoms with Crippen molar-refractivity contribution in [2.45, 2.75) is 39.5 Å². The van der Waals surface area contributed by atoms with Crippen molar-refractivity contribution in [3.63, 3.8) is 0 Å². The molecule has 12 heavy (non-hydrogen) atoms. The molecule has 1 rings (SSSR count). The van der Waals surface area contributed by atoms with E-state index in [4.69, 9.17) is 5.73 Å². The van der Waals surface area contributed by atoms with Crippen molar-refractivity contribution in [2.24, 2.45) is 17.6 Å². The van der Waals surface area contributed by atoms with Gasteiger partial charge in [0, 0.05) is 6.54 Å². The first-order valence-corrected chi connectivity index (χ1v) is 5.14. The molecule has 2 N–H and O–H groups in total. The fourth-order valence-corrected chi connectivity index (χ4v) is 1.92. The second-order valence-electron chi connectivity index (χ2n) is 4.14. The highest BCUT2D eigenvalue weighted by Gasteiger charge is 2.13. The third-order valence-electron chi connectivity index (χ3n) is 2.83. The standard InChI is InChI=1S/C11H21N/c1-9(2)11(8-12)7-10-5-3-4-6-10/h7,9-10H,3-6,8,12H2,1-2H3. The van der Waals surface area contributed by atoms with Crippen LogP contribution in [-0.2, 0) is 0 Å². The van der Waals surface area contributed by atoms with Crippen LogP contribution in [0.25, 0.3) is 0 Å². The maximum absolute atomic E-state index is 5.68. The molecular weight excluding hydrogens is 146 g/mol. The quantitative estimate of drug-likeness (QED) is 0.643. The van der Waals surface area contributed by atoms with Crippen molar-refractivity contribution in [3.8, 4) is 0 Å². The van der Waals surface area contributed by atoms with E-state index in [0.717, 1.165) is 12.5 Å². The molecule has 70 valence electrons. The zero-order chi connectivity index (χ0) is 8.97. The maximum atomic E-state index is 5.68. The van der Waals surface area contributed by atoms with Gasteiger partial charge >= 0.3 is 0 Å². The van der Waals surface area contributed by atoms with Crippen LogP contribution in [0.2, 0.25) is 0 Å². The zero-order valence-electron chi connectivity index (χ0n) is 8.34. The molecule has 1 fully saturated rings. The van der Waals surface area contributed by atoms with E-state index in [1.165, 1.54) is 31.3 Å². The molecule has 1 heteroatoms. The highest BCUT2D eigenvalue weighted by Crippen LogP contribution is 2.27. The summed E-state index contributed by atoms with van der Waals surface area (Å²) in [6, 6.07) is 0. The number of hydrogen-bond donors (Lipinski definition) is 1. The fourth-order valence-electron chi connectivity index (χ4n) is 1.92. The van der Waals surface area contributed by atoms with Crippen LogP contribution in [0.4, 0.5) is 0 Å². The third-order valence-corrected chi connectivity index (χ3v) is 2.83. The van der Waals surface area contributed by atoms with Gasteiger partial charge in [-0.2, -0.15) is 0 Å². The highest BCUT2D eigenvalue weighted by molar-refractivity contribution is 5.09. The van der Waals surface area contributed by atoms with Gasteiger partial charge in [-0.15, -0.1) is 0 Å². The first-order valence-electron chi connectivity index (χ1n) is 5.14. The fraction of sp³-hybridized carbons (Fsp3) is 0.818. The van der Waals surface area contributed by atoms with E-state index >= 15 is 0 Å². The van der Waals surface area contributed by atoms with Crippen molar-refractivity contribution < 1.29 is 0 Å². The van der Waals surface area contributed by atoms with Gasteiger partial charge in [0.1, 0.15) is 0 Å². The lowest BCUT2D eigenvalue weighted by Gasteiger charge is -2.11. The van der Waals surface area contributed by atoms with Crippen molar-refractivity contribution in [1.82, 2.24) is 0 Å². The Morgan fingerprint density at radius 2 is 2.00 bits per heavy atom. The lowest BCUT2D eigenvalue weighted by Crippen LogP contribution is -2.09. The Morgan fingerprint density at radius 3 is 2.42 bits per heavy atom. The van der Waals surface area contributed by atoms with Gasteiger partial charge < -0.3 is 5.73 Å². The second kappa shape index (κ2) is 4.66. The summed E-state index contributed by atoms with van der Waals surface area (Å²) in [4.78, 5) is 0. The first-order chi connectivity index (χ1) is 5.74. The van der Waals surface area contributed by atoms with Gasteiger partial charge in [-0.3, -0.25) is 0 Å². The lowest BCUT2D eigenvalue weighted by atomic mass is 9.97. The molecule has 0 saturated heterocycles. The van der Waals surface area contributed by atoms with E-state index in [-0.39, 0.29) is 0 Å². The zero-order valence-corrected chi connectivity index (χ0v) is 8.34. The topological polar surface area (TPSA) is 26.0 Å². The number of nitrogens with two attached hydrogens (primary N) is 1. The summed E-state index contributed by atoms with van der Waals surface area (Å²) in [7, 11) is 0. The predicted octanol–water partition coefficient (Wildman–Crippen LogP) is 2.72. The summed E-state index contributed by atoms with van der Waals surface area (Å²) in [6.45, 7) is 5.20. The predicted molar refractivity (Wildman–Crippen MR) is 53.9 cm³/mol. The highest BCUT2D eigenvalue weighted by atomic mass is 14.5. The smallest absolute Gasteiger partial charge is 0.0139 e. The Kier molecular flexibility index (Phi) is 3.80. The molecule has 1 saturated carbocycles. The molecule has 1 aliphatic carbocycles. The molecule has 0 bridgehead atoms. The van der Waals surface area contributed by atoms with Gasteiger partial charge in [-0.05, 0) is 24.7 Å². The molecule has 0 spiro atoms. The van der Waals surface area contributed by atoms with Gasteiger partial charge in [-0.25, -0.2) is 0 Å². The van der Waals surface area contributed by atoms with E-state index < -0.39 is 0 Å². The second-order valence-corrected chi connectivity index (χ2v) is 4.14. The molecule has 1 aliphatic rings. The summed E-state index contributed by atoms with van der Waals surface area (Å²) in [5, 5.41) is 0. The molecule has 0 aromatic heterocycles. The van der Waals surface area contributed by atoms with Crippen molar-refractivity contribution in [2.75, 3.05) is 6.54 Å². The average molecular weight is 167 g/mol. The van der Waals surface area contributed by atoms with Crippen LogP contribution in [0.1, 0.15) is 39.5 Å². The minimum Gasteiger partial charge on any atom is -0.327 e. The molecule has 0 heterocycles. The van der Waals surface area contributed by atoms with Crippen LogP contribution >= 0.6 is 0 Å². The molecule has 0 aromatic carbocycles. The Balaban J connectivity index is 2.50. The first kappa shape index (κ1) is 9.79. The molecule has 0 radical (unpaired) electrons. The van der Waals surface area contributed by atoms with E-state index in [9.17, 15) is 0 Å². The van der Waals surface area contributed by atoms with Crippen molar-refractivity contribution in [3.05, 3.63) is 11.6 Å². The van der Waals surface area contributed by atoms with Gasteiger partial charge in [0.2, 0.25) is 0 Å². The Bertz CT molecular complexity index is 152. The van der Waals surface area contributed by atoms with Crippen LogP contribution in [0.5, 0.6) is 0 Å². The monoisotopic (exact) mass is 167 g/mol. The van der Waals surface area contributed by atoms with Gasteiger partial charge in [0.15, 0.2) is 0 Å². The Hall–Kier alpha value is -0.300. The van der Waals surface area contributed by atoms with Crippen LogP contribution in [0.3, 0.4) is 0 Å². The lowest BCUT2D eigenvalue weighted by molar-refractivity contribution is 0.651. The van der Waals surface area contributed by atoms with E-state index in [1.807, 2.05) is 0 Å². The molecule has 0 aromatic rings. The minimum absolute atomic E-state index is 0.635.